The number of nitrogens with zero attached hydrogens (tertiary/aromatic N) is 1. The molecule has 1 aromatic heterocycles. The van der Waals surface area contributed by atoms with Gasteiger partial charge in [-0.25, -0.2) is 4.98 Å². The molecule has 5 nitrogen and oxygen atoms in total. The van der Waals surface area contributed by atoms with E-state index >= 15 is 0 Å². The molecule has 0 fully saturated rings. The quantitative estimate of drug-likeness (QED) is 0.732. The molecule has 0 aliphatic rings. The third-order valence-electron chi connectivity index (χ3n) is 3.34. The van der Waals surface area contributed by atoms with E-state index in [2.05, 4.69) is 20.9 Å². The monoisotopic (exact) mass is 381 g/mol. The number of aryl methyl sites for hydroxylation is 1. The Hall–Kier alpha value is -1.40. The van der Waals surface area contributed by atoms with Crippen LogP contribution in [0.4, 0.5) is 0 Å². The summed E-state index contributed by atoms with van der Waals surface area (Å²) in [6, 6.07) is 3.82. The molecular weight excluding hydrogens is 360 g/mol. The van der Waals surface area contributed by atoms with Crippen molar-refractivity contribution in [3.05, 3.63) is 28.1 Å². The number of oxazole rings is 1. The van der Waals surface area contributed by atoms with Crippen molar-refractivity contribution in [3.8, 4) is 0 Å². The Morgan fingerprint density at radius 1 is 1.43 bits per heavy atom. The number of rotatable bonds is 6. The second-order valence-electron chi connectivity index (χ2n) is 6.45. The first-order valence-electron chi connectivity index (χ1n) is 7.71. The summed E-state index contributed by atoms with van der Waals surface area (Å²) in [5.74, 6) is 0.0769. The highest BCUT2D eigenvalue weighted by atomic mass is 79.9. The molecule has 6 heteroatoms. The molecule has 1 unspecified atom stereocenters. The molecule has 0 saturated carbocycles. The van der Waals surface area contributed by atoms with Gasteiger partial charge in [-0.1, -0.05) is 22.9 Å². The van der Waals surface area contributed by atoms with E-state index in [9.17, 15) is 4.79 Å². The molecule has 23 heavy (non-hydrogen) atoms. The maximum absolute atomic E-state index is 11.1. The topological polar surface area (TPSA) is 76.1 Å². The van der Waals surface area contributed by atoms with Crippen molar-refractivity contribution >= 4 is 32.9 Å². The van der Waals surface area contributed by atoms with E-state index in [1.54, 1.807) is 0 Å². The van der Waals surface area contributed by atoms with E-state index in [-0.39, 0.29) is 18.1 Å². The van der Waals surface area contributed by atoms with Crippen LogP contribution in [0.2, 0.25) is 0 Å². The van der Waals surface area contributed by atoms with E-state index in [1.165, 1.54) is 0 Å². The molecule has 1 amide bonds. The number of fused-ring (bicyclic) bond motifs is 1. The lowest BCUT2D eigenvalue weighted by atomic mass is 10.0. The number of amides is 1. The van der Waals surface area contributed by atoms with Crippen LogP contribution in [0.15, 0.2) is 21.0 Å². The predicted molar refractivity (Wildman–Crippen MR) is 92.0 cm³/mol. The first-order chi connectivity index (χ1) is 10.7. The summed E-state index contributed by atoms with van der Waals surface area (Å²) in [6.45, 7) is 7.89. The fourth-order valence-electron chi connectivity index (χ4n) is 2.44. The lowest BCUT2D eigenvalue weighted by Crippen LogP contribution is -2.23. The molecule has 1 N–H and O–H groups in total. The standard InChI is InChI=1S/C17H22BrN2O3/c1-5-14-20-11-7-6-10(18)15(16(11)22-14)12(8-9-13(19)21)23-17(2,3)4/h6-7,12,19H,5,8-9H2,1-4H3. The normalized spacial score (nSPS) is 13.4. The van der Waals surface area contributed by atoms with Gasteiger partial charge in [-0.05, 0) is 39.3 Å². The Morgan fingerprint density at radius 2 is 2.13 bits per heavy atom. The van der Waals surface area contributed by atoms with Crippen LogP contribution in [-0.2, 0) is 16.0 Å². The number of nitrogens with one attached hydrogen (secondary N) is 1. The van der Waals surface area contributed by atoms with Gasteiger partial charge in [0.05, 0.1) is 11.7 Å². The zero-order valence-electron chi connectivity index (χ0n) is 13.9. The molecule has 0 spiro atoms. The Morgan fingerprint density at radius 3 is 2.70 bits per heavy atom. The van der Waals surface area contributed by atoms with Gasteiger partial charge >= 0.3 is 0 Å². The summed E-state index contributed by atoms with van der Waals surface area (Å²) in [4.78, 5) is 15.6. The van der Waals surface area contributed by atoms with Crippen molar-refractivity contribution in [3.63, 3.8) is 0 Å². The van der Waals surface area contributed by atoms with Crippen LogP contribution in [0.5, 0.6) is 0 Å². The van der Waals surface area contributed by atoms with Gasteiger partial charge in [-0.15, -0.1) is 0 Å². The van der Waals surface area contributed by atoms with Crippen molar-refractivity contribution in [1.82, 2.24) is 10.7 Å². The number of carbonyl (C=O) groups is 1. The van der Waals surface area contributed by atoms with Crippen LogP contribution in [0.25, 0.3) is 11.1 Å². The van der Waals surface area contributed by atoms with E-state index in [0.29, 0.717) is 24.3 Å². The van der Waals surface area contributed by atoms with Gasteiger partial charge in [0.2, 0.25) is 5.91 Å². The lowest BCUT2D eigenvalue weighted by molar-refractivity contribution is -0.120. The van der Waals surface area contributed by atoms with Crippen molar-refractivity contribution in [2.75, 3.05) is 0 Å². The molecule has 1 radical (unpaired) electrons. The predicted octanol–water partition coefficient (Wildman–Crippen LogP) is 4.60. The van der Waals surface area contributed by atoms with Gasteiger partial charge in [-0.2, -0.15) is 0 Å². The van der Waals surface area contributed by atoms with Gasteiger partial charge in [0.15, 0.2) is 11.5 Å². The van der Waals surface area contributed by atoms with Gasteiger partial charge in [-0.3, -0.25) is 10.5 Å². The summed E-state index contributed by atoms with van der Waals surface area (Å²) in [7, 11) is 0. The van der Waals surface area contributed by atoms with Crippen LogP contribution in [-0.4, -0.2) is 16.5 Å². The summed E-state index contributed by atoms with van der Waals surface area (Å²) in [5, 5.41) is 0. The molecule has 2 rings (SSSR count). The molecule has 1 heterocycles. The molecular formula is C17H22BrN2O3. The summed E-state index contributed by atoms with van der Waals surface area (Å²) >= 11 is 3.56. The number of benzene rings is 1. The zero-order valence-corrected chi connectivity index (χ0v) is 15.5. The molecule has 0 bridgehead atoms. The van der Waals surface area contributed by atoms with Crippen molar-refractivity contribution in [2.45, 2.75) is 58.7 Å². The second kappa shape index (κ2) is 7.01. The van der Waals surface area contributed by atoms with E-state index in [1.807, 2.05) is 39.8 Å². The smallest absolute Gasteiger partial charge is 0.238 e. The van der Waals surface area contributed by atoms with Crippen molar-refractivity contribution in [1.29, 1.82) is 0 Å². The van der Waals surface area contributed by atoms with Gasteiger partial charge in [0.1, 0.15) is 5.52 Å². The van der Waals surface area contributed by atoms with Crippen LogP contribution < -0.4 is 5.73 Å². The Balaban J connectivity index is 2.51. The molecule has 125 valence electrons. The second-order valence-corrected chi connectivity index (χ2v) is 7.31. The minimum absolute atomic E-state index is 0.137. The van der Waals surface area contributed by atoms with E-state index < -0.39 is 5.91 Å². The number of hydrogen-bond donors (Lipinski definition) is 0. The lowest BCUT2D eigenvalue weighted by Gasteiger charge is -2.28. The van der Waals surface area contributed by atoms with E-state index in [4.69, 9.17) is 14.9 Å². The maximum Gasteiger partial charge on any atom is 0.238 e. The highest BCUT2D eigenvalue weighted by Gasteiger charge is 2.26. The van der Waals surface area contributed by atoms with Gasteiger partial charge in [0, 0.05) is 22.9 Å². The molecule has 2 aromatic rings. The van der Waals surface area contributed by atoms with Crippen LogP contribution in [0.1, 0.15) is 58.1 Å². The first-order valence-corrected chi connectivity index (χ1v) is 8.50. The number of carbonyl (C=O) groups excluding carboxylic acids is 1. The number of hydrogen-bond acceptors (Lipinski definition) is 4. The molecule has 0 saturated heterocycles. The van der Waals surface area contributed by atoms with E-state index in [0.717, 1.165) is 15.6 Å². The third kappa shape index (κ3) is 4.54. The Kier molecular flexibility index (Phi) is 5.47. The largest absolute Gasteiger partial charge is 0.440 e. The van der Waals surface area contributed by atoms with Gasteiger partial charge in [0.25, 0.3) is 0 Å². The van der Waals surface area contributed by atoms with Crippen LogP contribution >= 0.6 is 15.9 Å². The maximum atomic E-state index is 11.1. The fraction of sp³-hybridized carbons (Fsp3) is 0.529. The summed E-state index contributed by atoms with van der Waals surface area (Å²) in [5.41, 5.74) is 9.10. The summed E-state index contributed by atoms with van der Waals surface area (Å²) in [6.07, 6.45) is 0.930. The fourth-order valence-corrected chi connectivity index (χ4v) is 3.00. The highest BCUT2D eigenvalue weighted by molar-refractivity contribution is 9.10. The van der Waals surface area contributed by atoms with Crippen molar-refractivity contribution < 1.29 is 13.9 Å². The van der Waals surface area contributed by atoms with Gasteiger partial charge < -0.3 is 9.15 Å². The van der Waals surface area contributed by atoms with Crippen molar-refractivity contribution in [2.24, 2.45) is 0 Å². The first kappa shape index (κ1) is 17.9. The molecule has 0 aliphatic carbocycles. The zero-order chi connectivity index (χ0) is 17.2. The number of ether oxygens (including phenoxy) is 1. The highest BCUT2D eigenvalue weighted by Crippen LogP contribution is 2.38. The molecule has 0 aliphatic heterocycles. The average molecular weight is 382 g/mol. The SMILES string of the molecule is CCc1nc2ccc(Br)c(C(CCC([NH])=O)OC(C)(C)C)c2o1. The van der Waals surface area contributed by atoms with Crippen LogP contribution in [0, 0.1) is 0 Å². The molecule has 1 atom stereocenters. The Labute approximate surface area is 144 Å². The minimum Gasteiger partial charge on any atom is -0.440 e. The molecule has 1 aromatic carbocycles. The van der Waals surface area contributed by atoms with Crippen LogP contribution in [0.3, 0.4) is 0 Å². The third-order valence-corrected chi connectivity index (χ3v) is 4.03. The number of halogens is 1. The number of aromatic nitrogens is 1. The Bertz CT molecular complexity index is 704. The minimum atomic E-state index is -0.595. The average Bonchev–Trinajstić information content (AvgIpc) is 2.85. The summed E-state index contributed by atoms with van der Waals surface area (Å²) < 4.78 is 12.9.